The molecular weight excluding hydrogens is 292 g/mol. The standard InChI is InChI=1S/C15H23ClN2O3/c1-4-21-14-6-5-13(16)9-12(14)7-8-17-15(20)18(3)11(2)10-19/h5-6,9,11,19H,4,7-8,10H2,1-3H3,(H,17,20). The van der Waals surface area contributed by atoms with Gasteiger partial charge in [-0.05, 0) is 44.0 Å². The molecule has 0 bridgehead atoms. The molecule has 0 aromatic heterocycles. The van der Waals surface area contributed by atoms with Crippen molar-refractivity contribution in [2.24, 2.45) is 0 Å². The van der Waals surface area contributed by atoms with E-state index in [0.717, 1.165) is 11.3 Å². The summed E-state index contributed by atoms with van der Waals surface area (Å²) in [5.74, 6) is 0.785. The summed E-state index contributed by atoms with van der Waals surface area (Å²) in [6.45, 7) is 4.70. The van der Waals surface area contributed by atoms with Crippen LogP contribution < -0.4 is 10.1 Å². The number of nitrogens with zero attached hydrogens (tertiary/aromatic N) is 1. The largest absolute Gasteiger partial charge is 0.494 e. The third-order valence-corrected chi connectivity index (χ3v) is 3.47. The van der Waals surface area contributed by atoms with E-state index in [4.69, 9.17) is 21.4 Å². The molecule has 0 fully saturated rings. The number of nitrogens with one attached hydrogen (secondary N) is 1. The van der Waals surface area contributed by atoms with Gasteiger partial charge in [-0.3, -0.25) is 0 Å². The fourth-order valence-electron chi connectivity index (χ4n) is 1.79. The first-order chi connectivity index (χ1) is 9.99. The smallest absolute Gasteiger partial charge is 0.317 e. The Hall–Kier alpha value is -1.46. The van der Waals surface area contributed by atoms with Gasteiger partial charge in [0.15, 0.2) is 0 Å². The first kappa shape index (κ1) is 17.6. The third kappa shape index (κ3) is 5.44. The maximum absolute atomic E-state index is 11.9. The van der Waals surface area contributed by atoms with Gasteiger partial charge in [-0.2, -0.15) is 0 Å². The number of ether oxygens (including phenoxy) is 1. The minimum Gasteiger partial charge on any atom is -0.494 e. The zero-order valence-corrected chi connectivity index (χ0v) is 13.5. The number of halogens is 1. The molecule has 0 heterocycles. The van der Waals surface area contributed by atoms with E-state index in [2.05, 4.69) is 5.32 Å². The predicted octanol–water partition coefficient (Wildman–Crippen LogP) is 2.30. The summed E-state index contributed by atoms with van der Waals surface area (Å²) in [5, 5.41) is 12.5. The van der Waals surface area contributed by atoms with E-state index in [1.807, 2.05) is 19.1 Å². The molecule has 2 N–H and O–H groups in total. The molecule has 0 aliphatic carbocycles. The minimum atomic E-state index is -0.213. The number of aliphatic hydroxyl groups is 1. The van der Waals surface area contributed by atoms with Crippen molar-refractivity contribution in [1.29, 1.82) is 0 Å². The van der Waals surface area contributed by atoms with Gasteiger partial charge in [-0.25, -0.2) is 4.79 Å². The van der Waals surface area contributed by atoms with E-state index in [9.17, 15) is 4.79 Å². The van der Waals surface area contributed by atoms with Crippen molar-refractivity contribution in [2.75, 3.05) is 26.8 Å². The summed E-state index contributed by atoms with van der Waals surface area (Å²) >= 11 is 5.99. The van der Waals surface area contributed by atoms with Crippen LogP contribution in [-0.2, 0) is 6.42 Å². The van der Waals surface area contributed by atoms with Crippen molar-refractivity contribution in [3.05, 3.63) is 28.8 Å². The number of rotatable bonds is 7. The number of amides is 2. The zero-order chi connectivity index (χ0) is 15.8. The molecule has 2 amide bonds. The van der Waals surface area contributed by atoms with Crippen molar-refractivity contribution in [3.63, 3.8) is 0 Å². The van der Waals surface area contributed by atoms with Crippen molar-refractivity contribution in [2.45, 2.75) is 26.3 Å². The molecule has 1 aromatic rings. The van der Waals surface area contributed by atoms with Crippen molar-refractivity contribution in [3.8, 4) is 5.75 Å². The van der Waals surface area contributed by atoms with Gasteiger partial charge in [-0.1, -0.05) is 11.6 Å². The molecule has 118 valence electrons. The predicted molar refractivity (Wildman–Crippen MR) is 84.0 cm³/mol. The highest BCUT2D eigenvalue weighted by Crippen LogP contribution is 2.23. The highest BCUT2D eigenvalue weighted by molar-refractivity contribution is 6.30. The maximum atomic E-state index is 11.9. The van der Waals surface area contributed by atoms with Crippen LogP contribution in [0.25, 0.3) is 0 Å². The molecule has 0 radical (unpaired) electrons. The Morgan fingerprint density at radius 1 is 1.52 bits per heavy atom. The van der Waals surface area contributed by atoms with E-state index in [-0.39, 0.29) is 18.7 Å². The molecule has 0 aliphatic rings. The number of hydrogen-bond donors (Lipinski definition) is 2. The molecule has 0 aliphatic heterocycles. The van der Waals surface area contributed by atoms with Crippen LogP contribution in [0.5, 0.6) is 5.75 Å². The highest BCUT2D eigenvalue weighted by atomic mass is 35.5. The van der Waals surface area contributed by atoms with E-state index < -0.39 is 0 Å². The van der Waals surface area contributed by atoms with E-state index in [0.29, 0.717) is 24.6 Å². The lowest BCUT2D eigenvalue weighted by Gasteiger charge is -2.23. The van der Waals surface area contributed by atoms with Crippen molar-refractivity contribution in [1.82, 2.24) is 10.2 Å². The molecule has 1 unspecified atom stereocenters. The minimum absolute atomic E-state index is 0.0628. The highest BCUT2D eigenvalue weighted by Gasteiger charge is 2.14. The Kier molecular flexibility index (Phi) is 7.32. The molecule has 5 nitrogen and oxygen atoms in total. The van der Waals surface area contributed by atoms with Gasteiger partial charge in [-0.15, -0.1) is 0 Å². The molecule has 0 saturated heterocycles. The Balaban J connectivity index is 2.55. The molecule has 21 heavy (non-hydrogen) atoms. The average Bonchev–Trinajstić information content (AvgIpc) is 2.48. The van der Waals surface area contributed by atoms with E-state index in [1.54, 1.807) is 20.0 Å². The maximum Gasteiger partial charge on any atom is 0.317 e. The molecule has 1 aromatic carbocycles. The van der Waals surface area contributed by atoms with Gasteiger partial charge in [0.05, 0.1) is 19.3 Å². The Bertz CT molecular complexity index is 468. The van der Waals surface area contributed by atoms with Gasteiger partial charge >= 0.3 is 6.03 Å². The lowest BCUT2D eigenvalue weighted by molar-refractivity contribution is 0.157. The topological polar surface area (TPSA) is 61.8 Å². The summed E-state index contributed by atoms with van der Waals surface area (Å²) in [4.78, 5) is 13.3. The quantitative estimate of drug-likeness (QED) is 0.812. The van der Waals surface area contributed by atoms with Crippen LogP contribution in [0.2, 0.25) is 5.02 Å². The summed E-state index contributed by atoms with van der Waals surface area (Å²) in [6.07, 6.45) is 0.628. The van der Waals surface area contributed by atoms with Crippen molar-refractivity contribution < 1.29 is 14.6 Å². The number of benzene rings is 1. The first-order valence-electron chi connectivity index (χ1n) is 7.02. The van der Waals surface area contributed by atoms with Crippen LogP contribution in [0.4, 0.5) is 4.79 Å². The molecule has 0 spiro atoms. The van der Waals surface area contributed by atoms with Crippen LogP contribution in [0.3, 0.4) is 0 Å². The lowest BCUT2D eigenvalue weighted by Crippen LogP contribution is -2.44. The van der Waals surface area contributed by atoms with Gasteiger partial charge in [0.25, 0.3) is 0 Å². The van der Waals surface area contributed by atoms with Gasteiger partial charge in [0.2, 0.25) is 0 Å². The Morgan fingerprint density at radius 3 is 2.86 bits per heavy atom. The van der Waals surface area contributed by atoms with Crippen LogP contribution in [0.15, 0.2) is 18.2 Å². The first-order valence-corrected chi connectivity index (χ1v) is 7.40. The fraction of sp³-hybridized carbons (Fsp3) is 0.533. The molecule has 1 atom stereocenters. The monoisotopic (exact) mass is 314 g/mol. The van der Waals surface area contributed by atoms with Crippen molar-refractivity contribution >= 4 is 17.6 Å². The van der Waals surface area contributed by atoms with E-state index in [1.165, 1.54) is 4.90 Å². The molecular formula is C15H23ClN2O3. The number of carbonyl (C=O) groups excluding carboxylic acids is 1. The number of aliphatic hydroxyl groups excluding tert-OH is 1. The summed E-state index contributed by atoms with van der Waals surface area (Å²) in [5.41, 5.74) is 0.961. The van der Waals surface area contributed by atoms with Gasteiger partial charge < -0.3 is 20.1 Å². The second-order valence-electron chi connectivity index (χ2n) is 4.81. The number of hydrogen-bond acceptors (Lipinski definition) is 3. The Labute approximate surface area is 130 Å². The van der Waals surface area contributed by atoms with Crippen LogP contribution in [-0.4, -0.2) is 48.9 Å². The summed E-state index contributed by atoms with van der Waals surface area (Å²) < 4.78 is 5.54. The number of likely N-dealkylation sites (N-methyl/N-ethyl adjacent to an activating group) is 1. The molecule has 1 rings (SSSR count). The van der Waals surface area contributed by atoms with Gasteiger partial charge in [0, 0.05) is 18.6 Å². The number of urea groups is 1. The Morgan fingerprint density at radius 2 is 2.24 bits per heavy atom. The second-order valence-corrected chi connectivity index (χ2v) is 5.25. The average molecular weight is 315 g/mol. The third-order valence-electron chi connectivity index (χ3n) is 3.24. The summed E-state index contributed by atoms with van der Waals surface area (Å²) in [7, 11) is 1.65. The molecule has 6 heteroatoms. The van der Waals surface area contributed by atoms with Crippen LogP contribution >= 0.6 is 11.6 Å². The lowest BCUT2D eigenvalue weighted by atomic mass is 10.1. The second kappa shape index (κ2) is 8.74. The fourth-order valence-corrected chi connectivity index (χ4v) is 1.99. The number of carbonyl (C=O) groups is 1. The zero-order valence-electron chi connectivity index (χ0n) is 12.7. The SMILES string of the molecule is CCOc1ccc(Cl)cc1CCNC(=O)N(C)C(C)CO. The normalized spacial score (nSPS) is 11.9. The van der Waals surface area contributed by atoms with Crippen LogP contribution in [0, 0.1) is 0 Å². The summed E-state index contributed by atoms with van der Waals surface area (Å²) in [6, 6.07) is 5.04. The molecule has 0 saturated carbocycles. The van der Waals surface area contributed by atoms with Gasteiger partial charge in [0.1, 0.15) is 5.75 Å². The van der Waals surface area contributed by atoms with Crippen LogP contribution in [0.1, 0.15) is 19.4 Å². The van der Waals surface area contributed by atoms with E-state index >= 15 is 0 Å².